The average Bonchev–Trinajstić information content (AvgIpc) is 2.21. The van der Waals surface area contributed by atoms with Crippen LogP contribution in [0, 0.1) is 0 Å². The van der Waals surface area contributed by atoms with Gasteiger partial charge in [-0.25, -0.2) is 4.98 Å². The fourth-order valence-corrected chi connectivity index (χ4v) is 1.06. The lowest BCUT2D eigenvalue weighted by Gasteiger charge is -2.07. The molecular formula is C8H13ClN4O. The standard InChI is InChI=1S/C8H13ClN4O/c1-10-8-12-5-6(9)7(13-8)11-3-2-4-14/h5,14H,2-4H2,1H3,(H2,10,11,12,13). The molecule has 0 atom stereocenters. The smallest absolute Gasteiger partial charge is 0.224 e. The first-order valence-electron chi connectivity index (χ1n) is 4.33. The van der Waals surface area contributed by atoms with Crippen molar-refractivity contribution in [2.75, 3.05) is 30.8 Å². The Balaban J connectivity index is 2.64. The minimum Gasteiger partial charge on any atom is -0.396 e. The summed E-state index contributed by atoms with van der Waals surface area (Å²) in [6.07, 6.45) is 2.19. The van der Waals surface area contributed by atoms with Gasteiger partial charge >= 0.3 is 0 Å². The molecule has 3 N–H and O–H groups in total. The minimum atomic E-state index is 0.147. The van der Waals surface area contributed by atoms with Crippen LogP contribution < -0.4 is 10.6 Å². The van der Waals surface area contributed by atoms with Gasteiger partial charge in [-0.1, -0.05) is 11.6 Å². The molecule has 1 aromatic heterocycles. The average molecular weight is 217 g/mol. The zero-order valence-electron chi connectivity index (χ0n) is 7.92. The van der Waals surface area contributed by atoms with Crippen molar-refractivity contribution in [1.29, 1.82) is 0 Å². The predicted octanol–water partition coefficient (Wildman–Crippen LogP) is 0.966. The molecule has 0 aliphatic heterocycles. The zero-order chi connectivity index (χ0) is 10.4. The van der Waals surface area contributed by atoms with E-state index in [2.05, 4.69) is 20.6 Å². The van der Waals surface area contributed by atoms with Gasteiger partial charge in [-0.3, -0.25) is 0 Å². The van der Waals surface area contributed by atoms with E-state index < -0.39 is 0 Å². The molecule has 0 spiro atoms. The van der Waals surface area contributed by atoms with Crippen LogP contribution in [-0.2, 0) is 0 Å². The number of aromatic nitrogens is 2. The number of rotatable bonds is 5. The number of nitrogens with zero attached hydrogens (tertiary/aromatic N) is 2. The second-order valence-electron chi connectivity index (χ2n) is 2.64. The van der Waals surface area contributed by atoms with Crippen LogP contribution in [0.3, 0.4) is 0 Å². The van der Waals surface area contributed by atoms with Crippen molar-refractivity contribution < 1.29 is 5.11 Å². The van der Waals surface area contributed by atoms with Gasteiger partial charge in [0.15, 0.2) is 0 Å². The van der Waals surface area contributed by atoms with Crippen LogP contribution in [0.25, 0.3) is 0 Å². The Morgan fingerprint density at radius 3 is 3.00 bits per heavy atom. The molecule has 1 rings (SSSR count). The first-order valence-corrected chi connectivity index (χ1v) is 4.70. The Morgan fingerprint density at radius 1 is 1.57 bits per heavy atom. The normalized spacial score (nSPS) is 9.93. The fourth-order valence-electron chi connectivity index (χ4n) is 0.897. The van der Waals surface area contributed by atoms with Crippen LogP contribution >= 0.6 is 11.6 Å². The topological polar surface area (TPSA) is 70.1 Å². The van der Waals surface area contributed by atoms with Gasteiger partial charge in [-0.2, -0.15) is 4.98 Å². The highest BCUT2D eigenvalue weighted by Crippen LogP contribution is 2.18. The van der Waals surface area contributed by atoms with Crippen molar-refractivity contribution in [3.63, 3.8) is 0 Å². The SMILES string of the molecule is CNc1ncc(Cl)c(NCCCO)n1. The molecule has 5 nitrogen and oxygen atoms in total. The molecule has 78 valence electrons. The Labute approximate surface area is 87.5 Å². The van der Waals surface area contributed by atoms with Gasteiger partial charge in [-0.15, -0.1) is 0 Å². The number of nitrogens with one attached hydrogen (secondary N) is 2. The highest BCUT2D eigenvalue weighted by Gasteiger charge is 2.02. The summed E-state index contributed by atoms with van der Waals surface area (Å²) in [6.45, 7) is 0.783. The number of hydrogen-bond donors (Lipinski definition) is 3. The first-order chi connectivity index (χ1) is 6.77. The number of aliphatic hydroxyl groups is 1. The van der Waals surface area contributed by atoms with Crippen LogP contribution in [0.4, 0.5) is 11.8 Å². The van der Waals surface area contributed by atoms with E-state index in [1.807, 2.05) is 0 Å². The van der Waals surface area contributed by atoms with Crippen LogP contribution in [-0.4, -0.2) is 35.3 Å². The van der Waals surface area contributed by atoms with Crippen molar-refractivity contribution in [2.24, 2.45) is 0 Å². The van der Waals surface area contributed by atoms with E-state index in [1.54, 1.807) is 7.05 Å². The van der Waals surface area contributed by atoms with Gasteiger partial charge < -0.3 is 15.7 Å². The monoisotopic (exact) mass is 216 g/mol. The number of hydrogen-bond acceptors (Lipinski definition) is 5. The molecule has 0 saturated heterocycles. The van der Waals surface area contributed by atoms with Crippen LogP contribution in [0.5, 0.6) is 0 Å². The molecular weight excluding hydrogens is 204 g/mol. The molecule has 0 radical (unpaired) electrons. The minimum absolute atomic E-state index is 0.147. The second kappa shape index (κ2) is 5.62. The van der Waals surface area contributed by atoms with Gasteiger partial charge in [0.05, 0.1) is 6.20 Å². The van der Waals surface area contributed by atoms with Gasteiger partial charge in [0.2, 0.25) is 5.95 Å². The molecule has 6 heteroatoms. The van der Waals surface area contributed by atoms with Crippen LogP contribution in [0.2, 0.25) is 5.02 Å². The van der Waals surface area contributed by atoms with E-state index in [4.69, 9.17) is 16.7 Å². The Kier molecular flexibility index (Phi) is 4.42. The van der Waals surface area contributed by atoms with Crippen molar-refractivity contribution in [2.45, 2.75) is 6.42 Å². The third-order valence-corrected chi connectivity index (χ3v) is 1.87. The molecule has 0 bridgehead atoms. The van der Waals surface area contributed by atoms with E-state index in [0.717, 1.165) is 0 Å². The molecule has 0 aliphatic rings. The van der Waals surface area contributed by atoms with E-state index in [1.165, 1.54) is 6.20 Å². The second-order valence-corrected chi connectivity index (χ2v) is 3.05. The fraction of sp³-hybridized carbons (Fsp3) is 0.500. The highest BCUT2D eigenvalue weighted by atomic mass is 35.5. The van der Waals surface area contributed by atoms with Crippen molar-refractivity contribution in [3.05, 3.63) is 11.2 Å². The molecule has 1 aromatic rings. The third-order valence-electron chi connectivity index (χ3n) is 1.60. The molecule has 14 heavy (non-hydrogen) atoms. The molecule has 0 saturated carbocycles. The molecule has 0 fully saturated rings. The third kappa shape index (κ3) is 3.01. The Hall–Kier alpha value is -1.07. The van der Waals surface area contributed by atoms with E-state index in [0.29, 0.717) is 29.8 Å². The maximum atomic E-state index is 8.60. The largest absolute Gasteiger partial charge is 0.396 e. The van der Waals surface area contributed by atoms with Gasteiger partial charge in [0.25, 0.3) is 0 Å². The lowest BCUT2D eigenvalue weighted by Crippen LogP contribution is -2.07. The zero-order valence-corrected chi connectivity index (χ0v) is 8.67. The molecule has 0 amide bonds. The number of halogens is 1. The molecule has 0 aliphatic carbocycles. The summed E-state index contributed by atoms with van der Waals surface area (Å²) in [5.41, 5.74) is 0. The first kappa shape index (κ1) is 11.0. The maximum Gasteiger partial charge on any atom is 0.224 e. The van der Waals surface area contributed by atoms with Crippen molar-refractivity contribution in [1.82, 2.24) is 9.97 Å². The molecule has 0 aromatic carbocycles. The summed E-state index contributed by atoms with van der Waals surface area (Å²) < 4.78 is 0. The summed E-state index contributed by atoms with van der Waals surface area (Å²) in [6, 6.07) is 0. The quantitative estimate of drug-likeness (QED) is 0.640. The van der Waals surface area contributed by atoms with Crippen molar-refractivity contribution >= 4 is 23.4 Å². The van der Waals surface area contributed by atoms with E-state index in [-0.39, 0.29) is 6.61 Å². The Morgan fingerprint density at radius 2 is 2.36 bits per heavy atom. The van der Waals surface area contributed by atoms with Gasteiger partial charge in [0.1, 0.15) is 10.8 Å². The lowest BCUT2D eigenvalue weighted by atomic mass is 10.4. The van der Waals surface area contributed by atoms with E-state index in [9.17, 15) is 0 Å². The summed E-state index contributed by atoms with van der Waals surface area (Å²) in [7, 11) is 1.74. The molecule has 0 unspecified atom stereocenters. The lowest BCUT2D eigenvalue weighted by molar-refractivity contribution is 0.292. The van der Waals surface area contributed by atoms with Crippen LogP contribution in [0.15, 0.2) is 6.20 Å². The number of anilines is 2. The maximum absolute atomic E-state index is 8.60. The van der Waals surface area contributed by atoms with E-state index >= 15 is 0 Å². The van der Waals surface area contributed by atoms with Gasteiger partial charge in [0, 0.05) is 20.2 Å². The summed E-state index contributed by atoms with van der Waals surface area (Å²) >= 11 is 5.85. The molecule has 1 heterocycles. The summed E-state index contributed by atoms with van der Waals surface area (Å²) in [5, 5.41) is 14.9. The number of aliphatic hydroxyl groups excluding tert-OH is 1. The summed E-state index contributed by atoms with van der Waals surface area (Å²) in [4.78, 5) is 8.06. The summed E-state index contributed by atoms with van der Waals surface area (Å²) in [5.74, 6) is 1.10. The van der Waals surface area contributed by atoms with Crippen molar-refractivity contribution in [3.8, 4) is 0 Å². The highest BCUT2D eigenvalue weighted by molar-refractivity contribution is 6.32. The Bertz CT molecular complexity index is 295. The van der Waals surface area contributed by atoms with Gasteiger partial charge in [-0.05, 0) is 6.42 Å². The van der Waals surface area contributed by atoms with Crippen LogP contribution in [0.1, 0.15) is 6.42 Å². The predicted molar refractivity (Wildman–Crippen MR) is 56.8 cm³/mol.